The molecule has 2 amide bonds. The lowest BCUT2D eigenvalue weighted by Crippen LogP contribution is -2.51. The van der Waals surface area contributed by atoms with E-state index in [0.717, 1.165) is 38.2 Å². The summed E-state index contributed by atoms with van der Waals surface area (Å²) < 4.78 is 12.4. The fourth-order valence-corrected chi connectivity index (χ4v) is 5.36. The minimum absolute atomic E-state index is 0.266. The summed E-state index contributed by atoms with van der Waals surface area (Å²) in [4.78, 5) is 26.4. The number of anilines is 1. The van der Waals surface area contributed by atoms with Gasteiger partial charge in [0.1, 0.15) is 24.1 Å². The first kappa shape index (κ1) is 30.3. The summed E-state index contributed by atoms with van der Waals surface area (Å²) in [6.07, 6.45) is 2.87. The topological polar surface area (TPSA) is 104 Å². The third-order valence-electron chi connectivity index (χ3n) is 7.43. The zero-order valence-corrected chi connectivity index (χ0v) is 25.0. The summed E-state index contributed by atoms with van der Waals surface area (Å²) in [5.74, 6) is 0.565. The second-order valence-corrected chi connectivity index (χ2v) is 10.7. The number of hydrogen-bond acceptors (Lipinski definition) is 4. The smallest absolute Gasteiger partial charge is 0.258 e. The van der Waals surface area contributed by atoms with Crippen molar-refractivity contribution in [2.24, 2.45) is 0 Å². The molecule has 7 heteroatoms. The van der Waals surface area contributed by atoms with Crippen molar-refractivity contribution in [1.29, 1.82) is 0 Å². The molecule has 0 saturated carbocycles. The van der Waals surface area contributed by atoms with Crippen LogP contribution in [0, 0.1) is 6.92 Å². The Balaban J connectivity index is 1.45. The van der Waals surface area contributed by atoms with Crippen molar-refractivity contribution < 1.29 is 24.8 Å². The van der Waals surface area contributed by atoms with E-state index in [9.17, 15) is 9.59 Å². The molecule has 5 N–H and O–H groups in total. The Kier molecular flexibility index (Phi) is 9.89. The predicted molar refractivity (Wildman–Crippen MR) is 177 cm³/mol. The van der Waals surface area contributed by atoms with Gasteiger partial charge in [0.15, 0.2) is 6.61 Å². The van der Waals surface area contributed by atoms with Crippen LogP contribution in [0.15, 0.2) is 110 Å². The molecule has 5 rings (SSSR count). The van der Waals surface area contributed by atoms with Crippen molar-refractivity contribution in [3.8, 4) is 22.6 Å². The van der Waals surface area contributed by atoms with E-state index in [4.69, 9.17) is 9.47 Å². The highest BCUT2D eigenvalue weighted by molar-refractivity contribution is 6.10. The fourth-order valence-electron chi connectivity index (χ4n) is 5.36. The van der Waals surface area contributed by atoms with E-state index in [1.54, 1.807) is 6.08 Å². The van der Waals surface area contributed by atoms with Gasteiger partial charge in [0.2, 0.25) is 5.91 Å². The van der Waals surface area contributed by atoms with Crippen LogP contribution in [0.4, 0.5) is 5.69 Å². The van der Waals surface area contributed by atoms with Crippen molar-refractivity contribution >= 4 is 39.0 Å². The van der Waals surface area contributed by atoms with Crippen LogP contribution in [0.3, 0.4) is 0 Å². The lowest BCUT2D eigenvalue weighted by molar-refractivity contribution is -0.368. The first-order valence-corrected chi connectivity index (χ1v) is 14.8. The molecule has 0 aliphatic heterocycles. The van der Waals surface area contributed by atoms with E-state index in [-0.39, 0.29) is 12.5 Å². The number of fused-ring (bicyclic) bond motifs is 2. The Morgan fingerprint density at radius 2 is 1.48 bits per heavy atom. The fraction of sp³-hybridized carbons (Fsp3) is 0.189. The highest BCUT2D eigenvalue weighted by atomic mass is 16.5. The molecule has 0 unspecified atom stereocenters. The maximum atomic E-state index is 13.3. The molecule has 0 radical (unpaired) electrons. The summed E-state index contributed by atoms with van der Waals surface area (Å²) >= 11 is 0. The van der Waals surface area contributed by atoms with E-state index >= 15 is 0 Å². The summed E-state index contributed by atoms with van der Waals surface area (Å²) in [5, 5.41) is 9.86. The third-order valence-corrected chi connectivity index (χ3v) is 7.43. The molecule has 224 valence electrons. The van der Waals surface area contributed by atoms with Gasteiger partial charge in [-0.2, -0.15) is 0 Å². The molecule has 0 heterocycles. The average Bonchev–Trinajstić information content (AvgIpc) is 3.04. The predicted octanol–water partition coefficient (Wildman–Crippen LogP) is 6.06. The van der Waals surface area contributed by atoms with Gasteiger partial charge in [-0.3, -0.25) is 9.59 Å². The number of carbonyl (C=O) groups excluding carboxylic acids is 2. The number of benzene rings is 5. The minimum Gasteiger partial charge on any atom is -0.489 e. The van der Waals surface area contributed by atoms with E-state index in [0.29, 0.717) is 43.2 Å². The molecule has 0 spiro atoms. The Bertz CT molecular complexity index is 1800. The molecule has 0 bridgehead atoms. The second-order valence-electron chi connectivity index (χ2n) is 10.7. The maximum Gasteiger partial charge on any atom is 0.258 e. The van der Waals surface area contributed by atoms with Crippen LogP contribution in [0.5, 0.6) is 11.5 Å². The summed E-state index contributed by atoms with van der Waals surface area (Å²) in [6, 6.07) is 30.9. The zero-order chi connectivity index (χ0) is 30.9. The molecule has 0 aliphatic carbocycles. The monoisotopic (exact) mass is 588 g/mol. The molecule has 5 aromatic rings. The SMILES string of the molecule is C=CCOc1ccc2ccccc2c1-c1c(OCC(=O)N[C@H](CCC[NH3+])C(=O)Nc2cccc(C)c2)ccc2ccccc12. The maximum absolute atomic E-state index is 13.3. The summed E-state index contributed by atoms with van der Waals surface area (Å²) in [6.45, 7) is 6.50. The lowest BCUT2D eigenvalue weighted by Gasteiger charge is -2.21. The van der Waals surface area contributed by atoms with Crippen molar-refractivity contribution in [3.05, 3.63) is 115 Å². The number of nitrogens with one attached hydrogen (secondary N) is 2. The quantitative estimate of drug-likeness (QED) is 0.146. The molecular formula is C37H38N3O4+. The Hall–Kier alpha value is -5.14. The largest absolute Gasteiger partial charge is 0.489 e. The van der Waals surface area contributed by atoms with Crippen molar-refractivity contribution in [3.63, 3.8) is 0 Å². The van der Waals surface area contributed by atoms with Crippen LogP contribution < -0.4 is 25.8 Å². The van der Waals surface area contributed by atoms with Gasteiger partial charge in [-0.1, -0.05) is 85.5 Å². The highest BCUT2D eigenvalue weighted by Crippen LogP contribution is 2.45. The molecular weight excluding hydrogens is 550 g/mol. The molecule has 5 aromatic carbocycles. The van der Waals surface area contributed by atoms with Gasteiger partial charge in [0, 0.05) is 16.8 Å². The van der Waals surface area contributed by atoms with Gasteiger partial charge in [0.05, 0.1) is 6.54 Å². The average molecular weight is 589 g/mol. The van der Waals surface area contributed by atoms with Crippen LogP contribution in [-0.2, 0) is 9.59 Å². The number of carbonyl (C=O) groups is 2. The zero-order valence-electron chi connectivity index (χ0n) is 25.0. The van der Waals surface area contributed by atoms with Gasteiger partial charge in [0.25, 0.3) is 5.91 Å². The van der Waals surface area contributed by atoms with Gasteiger partial charge in [-0.15, -0.1) is 0 Å². The number of amides is 2. The van der Waals surface area contributed by atoms with Crippen molar-refractivity contribution in [2.75, 3.05) is 25.1 Å². The van der Waals surface area contributed by atoms with Crippen LogP contribution in [0.25, 0.3) is 32.7 Å². The summed E-state index contributed by atoms with van der Waals surface area (Å²) in [5.41, 5.74) is 7.32. The molecule has 44 heavy (non-hydrogen) atoms. The van der Waals surface area contributed by atoms with E-state index in [2.05, 4.69) is 35.1 Å². The standard InChI is InChI=1S/C37H37N3O4/c1-3-22-43-32-19-17-26-11-4-6-14-29(26)35(32)36-30-15-7-5-12-27(30)18-20-33(36)44-24-34(41)40-31(16-9-21-38)37(42)39-28-13-8-10-25(2)23-28/h3-8,10-15,17-20,23,31H,1,9,16,21-22,24,38H2,2H3,(H,39,42)(H,40,41)/p+1/t31-/m1/s1. The molecule has 7 nitrogen and oxygen atoms in total. The molecule has 0 aliphatic rings. The van der Waals surface area contributed by atoms with Crippen LogP contribution >= 0.6 is 0 Å². The first-order valence-electron chi connectivity index (χ1n) is 14.8. The first-order chi connectivity index (χ1) is 21.5. The van der Waals surface area contributed by atoms with Gasteiger partial charge in [-0.05, 0) is 71.1 Å². The van der Waals surface area contributed by atoms with Crippen LogP contribution in [0.1, 0.15) is 18.4 Å². The molecule has 1 atom stereocenters. The third kappa shape index (κ3) is 7.07. The normalized spacial score (nSPS) is 11.6. The lowest BCUT2D eigenvalue weighted by atomic mass is 9.92. The highest BCUT2D eigenvalue weighted by Gasteiger charge is 2.23. The number of aryl methyl sites for hydroxylation is 1. The molecule has 0 saturated heterocycles. The van der Waals surface area contributed by atoms with Gasteiger partial charge < -0.3 is 25.8 Å². The van der Waals surface area contributed by atoms with E-state index in [1.807, 2.05) is 91.9 Å². The number of quaternary nitrogens is 1. The van der Waals surface area contributed by atoms with Crippen molar-refractivity contribution in [1.82, 2.24) is 5.32 Å². The molecule has 0 aromatic heterocycles. The van der Waals surface area contributed by atoms with Crippen molar-refractivity contribution in [2.45, 2.75) is 25.8 Å². The van der Waals surface area contributed by atoms with Gasteiger partial charge in [-0.25, -0.2) is 0 Å². The van der Waals surface area contributed by atoms with Crippen LogP contribution in [0.2, 0.25) is 0 Å². The second kappa shape index (κ2) is 14.4. The van der Waals surface area contributed by atoms with Crippen LogP contribution in [-0.4, -0.2) is 37.6 Å². The Morgan fingerprint density at radius 3 is 2.09 bits per heavy atom. The Morgan fingerprint density at radius 1 is 0.841 bits per heavy atom. The molecule has 0 fully saturated rings. The number of rotatable bonds is 13. The van der Waals surface area contributed by atoms with E-state index < -0.39 is 11.9 Å². The summed E-state index contributed by atoms with van der Waals surface area (Å²) in [7, 11) is 0. The minimum atomic E-state index is -0.721. The Labute approximate surface area is 257 Å². The number of hydrogen-bond donors (Lipinski definition) is 3. The van der Waals surface area contributed by atoms with E-state index in [1.165, 1.54) is 0 Å². The van der Waals surface area contributed by atoms with Gasteiger partial charge >= 0.3 is 0 Å². The number of ether oxygens (including phenoxy) is 2.